The molecule has 9 heteroatoms. The van der Waals surface area contributed by atoms with Crippen molar-refractivity contribution in [1.29, 1.82) is 0 Å². The van der Waals surface area contributed by atoms with Gasteiger partial charge >= 0.3 is 6.03 Å². The normalized spacial score (nSPS) is 16.6. The summed E-state index contributed by atoms with van der Waals surface area (Å²) in [6, 6.07) is 13.7. The molecule has 3 amide bonds. The number of carbonyl (C=O) groups excluding carboxylic acids is 2. The van der Waals surface area contributed by atoms with Crippen molar-refractivity contribution in [3.05, 3.63) is 60.4 Å². The maximum absolute atomic E-state index is 13.5. The zero-order valence-electron chi connectivity index (χ0n) is 20.0. The molecule has 0 radical (unpaired) electrons. The van der Waals surface area contributed by atoms with Crippen LogP contribution in [0.15, 0.2) is 54.9 Å². The summed E-state index contributed by atoms with van der Waals surface area (Å²) in [7, 11) is 1.79. The Morgan fingerprint density at radius 2 is 1.83 bits per heavy atom. The molecule has 0 bridgehead atoms. The fourth-order valence-corrected chi connectivity index (χ4v) is 5.26. The van der Waals surface area contributed by atoms with Crippen molar-refractivity contribution >= 4 is 39.6 Å². The first-order valence-electron chi connectivity index (χ1n) is 12.1. The first kappa shape index (κ1) is 22.4. The predicted octanol–water partition coefficient (Wildman–Crippen LogP) is 3.20. The molecule has 5 heterocycles. The molecular weight excluding hydrogens is 456 g/mol. The number of hydrogen-bond donors (Lipinski definition) is 1. The topological polar surface area (TPSA) is 103 Å². The Balaban J connectivity index is 1.44. The van der Waals surface area contributed by atoms with Crippen LogP contribution in [0.2, 0.25) is 0 Å². The average Bonchev–Trinajstić information content (AvgIpc) is 2.93. The lowest BCUT2D eigenvalue weighted by molar-refractivity contribution is -0.135. The van der Waals surface area contributed by atoms with Gasteiger partial charge < -0.3 is 14.9 Å². The fourth-order valence-electron chi connectivity index (χ4n) is 5.26. The number of carbonyl (C=O) groups is 2. The number of aromatic nitrogens is 3. The fraction of sp³-hybridized carbons (Fsp3) is 0.296. The van der Waals surface area contributed by atoms with Crippen LogP contribution in [0.25, 0.3) is 33.2 Å². The molecule has 0 unspecified atom stereocenters. The third-order valence-electron chi connectivity index (χ3n) is 7.15. The van der Waals surface area contributed by atoms with Gasteiger partial charge in [0.1, 0.15) is 12.1 Å². The lowest BCUT2D eigenvalue weighted by atomic mass is 9.99. The van der Waals surface area contributed by atoms with E-state index in [1.165, 1.54) is 0 Å². The number of para-hydroxylation sites is 1. The van der Waals surface area contributed by atoms with Crippen molar-refractivity contribution in [2.45, 2.75) is 25.4 Å². The van der Waals surface area contributed by atoms with Gasteiger partial charge in [-0.1, -0.05) is 18.2 Å². The number of benzene rings is 1. The summed E-state index contributed by atoms with van der Waals surface area (Å²) in [5, 5.41) is 10.3. The Hall–Kier alpha value is -4.11. The number of aliphatic hydroxyl groups excluding tert-OH is 1. The van der Waals surface area contributed by atoms with Gasteiger partial charge in [0.15, 0.2) is 0 Å². The van der Waals surface area contributed by atoms with E-state index in [-0.39, 0.29) is 18.0 Å². The number of aliphatic hydroxyl groups is 1. The molecule has 36 heavy (non-hydrogen) atoms. The molecule has 6 rings (SSSR count). The lowest BCUT2D eigenvalue weighted by Gasteiger charge is -2.43. The van der Waals surface area contributed by atoms with E-state index in [0.717, 1.165) is 38.9 Å². The number of nitrogens with zero attached hydrogens (tertiary/aromatic N) is 6. The minimum Gasteiger partial charge on any atom is -0.387 e. The maximum atomic E-state index is 13.5. The lowest BCUT2D eigenvalue weighted by Crippen LogP contribution is -2.54. The molecule has 4 aromatic rings. The van der Waals surface area contributed by atoms with E-state index in [2.05, 4.69) is 16.0 Å². The van der Waals surface area contributed by atoms with Gasteiger partial charge in [-0.25, -0.2) is 9.78 Å². The quantitative estimate of drug-likeness (QED) is 0.481. The van der Waals surface area contributed by atoms with Crippen LogP contribution >= 0.6 is 0 Å². The van der Waals surface area contributed by atoms with Crippen LogP contribution in [0.4, 0.5) is 10.5 Å². The number of pyridine rings is 3. The molecule has 2 aliphatic heterocycles. The molecule has 9 nitrogen and oxygen atoms in total. The minimum absolute atomic E-state index is 0.0819. The number of fused-ring (bicyclic) bond motifs is 4. The zero-order valence-corrected chi connectivity index (χ0v) is 20.0. The van der Waals surface area contributed by atoms with Gasteiger partial charge in [0, 0.05) is 55.1 Å². The molecule has 1 saturated heterocycles. The summed E-state index contributed by atoms with van der Waals surface area (Å²) < 4.78 is 0. The highest BCUT2D eigenvalue weighted by molar-refractivity contribution is 6.04. The van der Waals surface area contributed by atoms with Gasteiger partial charge in [-0.05, 0) is 37.1 Å². The van der Waals surface area contributed by atoms with Crippen LogP contribution in [0.1, 0.15) is 18.4 Å². The Kier molecular flexibility index (Phi) is 5.49. The second-order valence-electron chi connectivity index (χ2n) is 9.39. The van der Waals surface area contributed by atoms with Crippen molar-refractivity contribution in [3.8, 4) is 11.3 Å². The second kappa shape index (κ2) is 8.83. The number of anilines is 1. The highest BCUT2D eigenvalue weighted by Gasteiger charge is 2.37. The van der Waals surface area contributed by atoms with E-state index in [4.69, 9.17) is 4.98 Å². The van der Waals surface area contributed by atoms with Crippen LogP contribution in [-0.4, -0.2) is 74.6 Å². The van der Waals surface area contributed by atoms with Crippen LogP contribution in [0.3, 0.4) is 0 Å². The van der Waals surface area contributed by atoms with Crippen LogP contribution in [-0.2, 0) is 11.3 Å². The summed E-state index contributed by atoms with van der Waals surface area (Å²) in [4.78, 5) is 44.9. The molecule has 0 atom stereocenters. The first-order chi connectivity index (χ1) is 17.5. The smallest absolute Gasteiger partial charge is 0.324 e. The van der Waals surface area contributed by atoms with Crippen molar-refractivity contribution in [2.24, 2.45) is 0 Å². The molecule has 1 fully saturated rings. The summed E-state index contributed by atoms with van der Waals surface area (Å²) in [5.41, 5.74) is 5.74. The van der Waals surface area contributed by atoms with Crippen LogP contribution < -0.4 is 4.90 Å². The Morgan fingerprint density at radius 1 is 1.06 bits per heavy atom. The van der Waals surface area contributed by atoms with Gasteiger partial charge in [-0.2, -0.15) is 0 Å². The van der Waals surface area contributed by atoms with Crippen molar-refractivity contribution in [2.75, 3.05) is 31.6 Å². The summed E-state index contributed by atoms with van der Waals surface area (Å²) in [6.45, 7) is 0.957. The Bertz CT molecular complexity index is 1500. The minimum atomic E-state index is -0.495. The second-order valence-corrected chi connectivity index (χ2v) is 9.39. The number of likely N-dealkylation sites (tertiary alicyclic amines) is 1. The SMILES string of the molecule is CN1Cc2cnc3ccc(-c4cnc5ccccc5c4)nc3c2N(C2CCN(C(=O)CO)CC2)C1=O. The Labute approximate surface area is 208 Å². The number of amides is 3. The molecule has 3 aromatic heterocycles. The molecule has 0 aliphatic carbocycles. The van der Waals surface area contributed by atoms with E-state index in [0.29, 0.717) is 38.0 Å². The van der Waals surface area contributed by atoms with Gasteiger partial charge in [-0.15, -0.1) is 0 Å². The molecule has 1 aromatic carbocycles. The molecule has 1 N–H and O–H groups in total. The van der Waals surface area contributed by atoms with Gasteiger partial charge in [0.2, 0.25) is 5.91 Å². The van der Waals surface area contributed by atoms with E-state index in [1.54, 1.807) is 16.8 Å². The van der Waals surface area contributed by atoms with Gasteiger partial charge in [-0.3, -0.25) is 19.7 Å². The highest BCUT2D eigenvalue weighted by atomic mass is 16.3. The monoisotopic (exact) mass is 482 g/mol. The molecular formula is C27H26N6O3. The number of hydrogen-bond acceptors (Lipinski definition) is 6. The van der Waals surface area contributed by atoms with Gasteiger partial charge in [0.05, 0.1) is 29.0 Å². The van der Waals surface area contributed by atoms with Crippen LogP contribution in [0.5, 0.6) is 0 Å². The number of piperidine rings is 1. The number of urea groups is 1. The molecule has 2 aliphatic rings. The van der Waals surface area contributed by atoms with Crippen molar-refractivity contribution < 1.29 is 14.7 Å². The summed E-state index contributed by atoms with van der Waals surface area (Å²) >= 11 is 0. The van der Waals surface area contributed by atoms with E-state index in [1.807, 2.05) is 53.7 Å². The standard InChI is InChI=1S/C27H26N6O3/c1-31-15-19-14-29-23-7-6-22(18-12-17-4-2-3-5-21(17)28-13-18)30-25(23)26(19)33(27(31)36)20-8-10-32(11-9-20)24(35)16-34/h2-7,12-14,20,34H,8-11,15-16H2,1H3. The predicted molar refractivity (Wildman–Crippen MR) is 136 cm³/mol. The third kappa shape index (κ3) is 3.72. The average molecular weight is 483 g/mol. The highest BCUT2D eigenvalue weighted by Crippen LogP contribution is 2.38. The third-order valence-corrected chi connectivity index (χ3v) is 7.15. The van der Waals surface area contributed by atoms with E-state index in [9.17, 15) is 14.7 Å². The molecule has 0 saturated carbocycles. The molecule has 182 valence electrons. The van der Waals surface area contributed by atoms with Gasteiger partial charge in [0.25, 0.3) is 0 Å². The van der Waals surface area contributed by atoms with Crippen LogP contribution in [0, 0.1) is 0 Å². The number of rotatable bonds is 3. The summed E-state index contributed by atoms with van der Waals surface area (Å²) in [5.74, 6) is -0.277. The van der Waals surface area contributed by atoms with Crippen molar-refractivity contribution in [3.63, 3.8) is 0 Å². The zero-order chi connectivity index (χ0) is 24.8. The first-order valence-corrected chi connectivity index (χ1v) is 12.1. The van der Waals surface area contributed by atoms with E-state index < -0.39 is 6.61 Å². The largest absolute Gasteiger partial charge is 0.387 e. The maximum Gasteiger partial charge on any atom is 0.324 e. The van der Waals surface area contributed by atoms with E-state index >= 15 is 0 Å². The summed E-state index contributed by atoms with van der Waals surface area (Å²) in [6.07, 6.45) is 4.91. The van der Waals surface area contributed by atoms with Crippen molar-refractivity contribution in [1.82, 2.24) is 24.8 Å². The molecule has 0 spiro atoms. The Morgan fingerprint density at radius 3 is 2.64 bits per heavy atom.